The summed E-state index contributed by atoms with van der Waals surface area (Å²) >= 11 is 0. The van der Waals surface area contributed by atoms with Gasteiger partial charge in [-0.3, -0.25) is 0 Å². The molecule has 0 amide bonds. The molecule has 0 fully saturated rings. The summed E-state index contributed by atoms with van der Waals surface area (Å²) in [4.78, 5) is 8.94. The van der Waals surface area contributed by atoms with Gasteiger partial charge in [-0.15, -0.1) is 0 Å². The van der Waals surface area contributed by atoms with Gasteiger partial charge in [0.1, 0.15) is 13.2 Å². The highest BCUT2D eigenvalue weighted by Crippen LogP contribution is 1.79. The van der Waals surface area contributed by atoms with E-state index in [2.05, 4.69) is 20.2 Å². The standard InChI is InChI=1S/C4H10N2O2/c1-3-7-5-6-8-4-2/h3-4H2,1-2H3. The van der Waals surface area contributed by atoms with Crippen molar-refractivity contribution in [1.82, 2.24) is 0 Å². The molecule has 4 heteroatoms. The topological polar surface area (TPSA) is 43.2 Å². The van der Waals surface area contributed by atoms with Crippen LogP contribution in [0.2, 0.25) is 0 Å². The summed E-state index contributed by atoms with van der Waals surface area (Å²) in [6, 6.07) is 0. The van der Waals surface area contributed by atoms with E-state index in [1.54, 1.807) is 0 Å². The number of hydrogen-bond acceptors (Lipinski definition) is 4. The van der Waals surface area contributed by atoms with Crippen LogP contribution in [0.5, 0.6) is 0 Å². The molecule has 0 saturated heterocycles. The maximum Gasteiger partial charge on any atom is 0.116 e. The Hall–Kier alpha value is -0.800. The van der Waals surface area contributed by atoms with E-state index < -0.39 is 0 Å². The fraction of sp³-hybridized carbons (Fsp3) is 1.00. The minimum absolute atomic E-state index is 0.524. The average Bonchev–Trinajstić information content (AvgIpc) is 1.81. The maximum absolute atomic E-state index is 4.47. The van der Waals surface area contributed by atoms with E-state index in [4.69, 9.17) is 0 Å². The molecule has 0 N–H and O–H groups in total. The Morgan fingerprint density at radius 2 is 1.38 bits per heavy atom. The zero-order chi connectivity index (χ0) is 6.24. The highest BCUT2D eigenvalue weighted by Gasteiger charge is 1.70. The van der Waals surface area contributed by atoms with E-state index in [0.717, 1.165) is 0 Å². The predicted molar refractivity (Wildman–Crippen MR) is 28.1 cm³/mol. The molecule has 0 spiro atoms. The second-order valence-corrected chi connectivity index (χ2v) is 0.999. The molecule has 0 radical (unpaired) electrons. The van der Waals surface area contributed by atoms with E-state index in [-0.39, 0.29) is 0 Å². The van der Waals surface area contributed by atoms with E-state index in [1.165, 1.54) is 0 Å². The summed E-state index contributed by atoms with van der Waals surface area (Å²) < 4.78 is 0. The lowest BCUT2D eigenvalue weighted by molar-refractivity contribution is 0.0512. The third kappa shape index (κ3) is 5.20. The van der Waals surface area contributed by atoms with Gasteiger partial charge in [-0.2, -0.15) is 0 Å². The molecule has 0 aromatic rings. The first-order valence-electron chi connectivity index (χ1n) is 2.56. The molecule has 8 heavy (non-hydrogen) atoms. The lowest BCUT2D eigenvalue weighted by Crippen LogP contribution is -1.79. The zero-order valence-electron chi connectivity index (χ0n) is 5.13. The van der Waals surface area contributed by atoms with Crippen LogP contribution in [0, 0.1) is 0 Å². The molecule has 0 aromatic heterocycles. The molecule has 0 bridgehead atoms. The molecule has 0 heterocycles. The van der Waals surface area contributed by atoms with E-state index >= 15 is 0 Å². The third-order valence-corrected chi connectivity index (χ3v) is 0.407. The minimum atomic E-state index is 0.524. The fourth-order valence-corrected chi connectivity index (χ4v) is 0.163. The smallest absolute Gasteiger partial charge is 0.116 e. The van der Waals surface area contributed by atoms with E-state index in [1.807, 2.05) is 13.8 Å². The molecule has 0 atom stereocenters. The fourth-order valence-electron chi connectivity index (χ4n) is 0.163. The normalized spacial score (nSPS) is 9.75. The molecule has 0 aromatic carbocycles. The van der Waals surface area contributed by atoms with Crippen LogP contribution in [0.25, 0.3) is 0 Å². The Kier molecular flexibility index (Phi) is 5.58. The molecule has 0 rings (SSSR count). The number of hydrogen-bond donors (Lipinski definition) is 0. The number of nitrogens with zero attached hydrogens (tertiary/aromatic N) is 2. The lowest BCUT2D eigenvalue weighted by Gasteiger charge is -1.88. The summed E-state index contributed by atoms with van der Waals surface area (Å²) in [6.07, 6.45) is 0. The predicted octanol–water partition coefficient (Wildman–Crippen LogP) is 1.34. The van der Waals surface area contributed by atoms with Crippen molar-refractivity contribution in [2.75, 3.05) is 13.2 Å². The largest absolute Gasteiger partial charge is 0.377 e. The van der Waals surface area contributed by atoms with Crippen LogP contribution in [-0.2, 0) is 9.68 Å². The van der Waals surface area contributed by atoms with Gasteiger partial charge in [0.05, 0.1) is 10.6 Å². The van der Waals surface area contributed by atoms with E-state index in [9.17, 15) is 0 Å². The Labute approximate surface area is 48.4 Å². The van der Waals surface area contributed by atoms with Crippen molar-refractivity contribution in [3.8, 4) is 0 Å². The van der Waals surface area contributed by atoms with Gasteiger partial charge in [0.2, 0.25) is 0 Å². The molecule has 48 valence electrons. The molecule has 4 nitrogen and oxygen atoms in total. The van der Waals surface area contributed by atoms with E-state index in [0.29, 0.717) is 13.2 Å². The molecular weight excluding hydrogens is 108 g/mol. The van der Waals surface area contributed by atoms with Gasteiger partial charge >= 0.3 is 0 Å². The first kappa shape index (κ1) is 7.20. The van der Waals surface area contributed by atoms with Gasteiger partial charge in [0.25, 0.3) is 0 Å². The summed E-state index contributed by atoms with van der Waals surface area (Å²) in [5.74, 6) is 0. The highest BCUT2D eigenvalue weighted by atomic mass is 16.7. The molecular formula is C4H10N2O2. The van der Waals surface area contributed by atoms with Gasteiger partial charge in [0.15, 0.2) is 0 Å². The molecule has 0 saturated carbocycles. The van der Waals surface area contributed by atoms with Gasteiger partial charge < -0.3 is 9.68 Å². The minimum Gasteiger partial charge on any atom is -0.377 e. The van der Waals surface area contributed by atoms with Crippen molar-refractivity contribution in [1.29, 1.82) is 0 Å². The third-order valence-electron chi connectivity index (χ3n) is 0.407. The Balaban J connectivity index is 2.83. The quantitative estimate of drug-likeness (QED) is 0.413. The van der Waals surface area contributed by atoms with Crippen LogP contribution in [0.15, 0.2) is 10.6 Å². The van der Waals surface area contributed by atoms with Crippen LogP contribution in [0.4, 0.5) is 0 Å². The van der Waals surface area contributed by atoms with Crippen molar-refractivity contribution >= 4 is 0 Å². The first-order valence-corrected chi connectivity index (χ1v) is 2.56. The average molecular weight is 118 g/mol. The van der Waals surface area contributed by atoms with Crippen molar-refractivity contribution < 1.29 is 9.68 Å². The summed E-state index contributed by atoms with van der Waals surface area (Å²) in [7, 11) is 0. The summed E-state index contributed by atoms with van der Waals surface area (Å²) in [5, 5.41) is 6.36. The number of rotatable bonds is 4. The van der Waals surface area contributed by atoms with Crippen LogP contribution in [0.1, 0.15) is 13.8 Å². The van der Waals surface area contributed by atoms with Crippen LogP contribution >= 0.6 is 0 Å². The van der Waals surface area contributed by atoms with Gasteiger partial charge in [-0.1, -0.05) is 0 Å². The highest BCUT2D eigenvalue weighted by molar-refractivity contribution is 4.00. The van der Waals surface area contributed by atoms with Crippen molar-refractivity contribution in [2.45, 2.75) is 13.8 Å². The Morgan fingerprint density at radius 3 is 1.62 bits per heavy atom. The summed E-state index contributed by atoms with van der Waals surface area (Å²) in [6.45, 7) is 4.70. The lowest BCUT2D eigenvalue weighted by atomic mass is 10.9. The van der Waals surface area contributed by atoms with Crippen molar-refractivity contribution in [3.63, 3.8) is 0 Å². The van der Waals surface area contributed by atoms with Crippen LogP contribution < -0.4 is 0 Å². The second-order valence-electron chi connectivity index (χ2n) is 0.999. The van der Waals surface area contributed by atoms with Gasteiger partial charge in [-0.05, 0) is 13.8 Å². The molecule has 0 unspecified atom stereocenters. The SMILES string of the molecule is CCON=NOCC. The van der Waals surface area contributed by atoms with Crippen LogP contribution in [0.3, 0.4) is 0 Å². The first-order chi connectivity index (χ1) is 3.91. The van der Waals surface area contributed by atoms with Crippen LogP contribution in [-0.4, -0.2) is 13.2 Å². The molecule has 0 aliphatic carbocycles. The molecule has 0 aliphatic heterocycles. The maximum atomic E-state index is 4.47. The second kappa shape index (κ2) is 6.20. The monoisotopic (exact) mass is 118 g/mol. The van der Waals surface area contributed by atoms with Crippen molar-refractivity contribution in [3.05, 3.63) is 0 Å². The van der Waals surface area contributed by atoms with Crippen molar-refractivity contribution in [2.24, 2.45) is 10.6 Å². The summed E-state index contributed by atoms with van der Waals surface area (Å²) in [5.41, 5.74) is 0. The zero-order valence-corrected chi connectivity index (χ0v) is 5.13. The Bertz CT molecular complexity index is 57.1. The van der Waals surface area contributed by atoms with Gasteiger partial charge in [0, 0.05) is 0 Å². The Morgan fingerprint density at radius 1 is 1.00 bits per heavy atom. The van der Waals surface area contributed by atoms with Gasteiger partial charge in [-0.25, -0.2) is 0 Å². The molecule has 0 aliphatic rings.